The fourth-order valence-electron chi connectivity index (χ4n) is 1.48. The van der Waals surface area contributed by atoms with E-state index in [9.17, 15) is 18.0 Å². The number of amides is 1. The van der Waals surface area contributed by atoms with Crippen LogP contribution in [0, 0.1) is 6.92 Å². The van der Waals surface area contributed by atoms with Crippen molar-refractivity contribution >= 4 is 23.2 Å². The van der Waals surface area contributed by atoms with Gasteiger partial charge in [-0.3, -0.25) is 9.89 Å². The van der Waals surface area contributed by atoms with Gasteiger partial charge in [0.05, 0.1) is 11.3 Å². The molecule has 1 amide bonds. The van der Waals surface area contributed by atoms with E-state index in [1.807, 2.05) is 0 Å². The van der Waals surface area contributed by atoms with Gasteiger partial charge in [-0.1, -0.05) is 11.6 Å². The van der Waals surface area contributed by atoms with E-state index >= 15 is 0 Å². The smallest absolute Gasteiger partial charge is 0.319 e. The van der Waals surface area contributed by atoms with Crippen LogP contribution in [0.2, 0.25) is 5.02 Å². The van der Waals surface area contributed by atoms with Crippen LogP contribution < -0.4 is 5.32 Å². The third-order valence-corrected chi connectivity index (χ3v) is 2.57. The summed E-state index contributed by atoms with van der Waals surface area (Å²) in [5.74, 6) is -0.713. The third kappa shape index (κ3) is 3.08. The number of H-pyrrole nitrogens is 1. The number of aromatic nitrogens is 3. The number of hydrogen-bond acceptors (Lipinski definition) is 3. The topological polar surface area (TPSA) is 70.7 Å². The number of hydrogen-bond donors (Lipinski definition) is 2. The highest BCUT2D eigenvalue weighted by Crippen LogP contribution is 2.36. The number of aromatic amines is 1. The molecule has 2 aromatic rings. The summed E-state index contributed by atoms with van der Waals surface area (Å²) >= 11 is 5.54. The van der Waals surface area contributed by atoms with E-state index in [0.29, 0.717) is 5.82 Å². The van der Waals surface area contributed by atoms with Gasteiger partial charge < -0.3 is 5.32 Å². The fraction of sp³-hybridized carbons (Fsp3) is 0.182. The lowest BCUT2D eigenvalue weighted by molar-refractivity contribution is -0.136. The number of nitrogens with zero attached hydrogens (tertiary/aromatic N) is 2. The molecule has 1 heterocycles. The molecule has 0 aliphatic heterocycles. The van der Waals surface area contributed by atoms with E-state index in [1.165, 1.54) is 6.07 Å². The summed E-state index contributed by atoms with van der Waals surface area (Å²) < 4.78 is 38.5. The summed E-state index contributed by atoms with van der Waals surface area (Å²) in [7, 11) is 0. The number of anilines is 1. The first kappa shape index (κ1) is 14.3. The number of carbonyl (C=O) groups excluding carboxylic acids is 1. The Morgan fingerprint density at radius 1 is 1.40 bits per heavy atom. The summed E-state index contributed by atoms with van der Waals surface area (Å²) in [5.41, 5.74) is -1.44. The number of nitrogens with one attached hydrogen (secondary N) is 2. The van der Waals surface area contributed by atoms with Crippen LogP contribution >= 0.6 is 11.6 Å². The Kier molecular flexibility index (Phi) is 3.67. The number of benzene rings is 1. The molecule has 0 bridgehead atoms. The second kappa shape index (κ2) is 5.12. The minimum Gasteiger partial charge on any atom is -0.319 e. The molecule has 2 rings (SSSR count). The van der Waals surface area contributed by atoms with Gasteiger partial charge in [0.2, 0.25) is 5.82 Å². The molecule has 106 valence electrons. The molecular weight excluding hydrogens is 297 g/mol. The van der Waals surface area contributed by atoms with Crippen LogP contribution in [-0.4, -0.2) is 21.1 Å². The molecule has 0 atom stereocenters. The Morgan fingerprint density at radius 3 is 2.65 bits per heavy atom. The lowest BCUT2D eigenvalue weighted by Crippen LogP contribution is -2.17. The van der Waals surface area contributed by atoms with Gasteiger partial charge in [-0.05, 0) is 25.1 Å². The Labute approximate surface area is 116 Å². The molecule has 1 aromatic heterocycles. The normalized spacial score (nSPS) is 11.4. The van der Waals surface area contributed by atoms with Crippen molar-refractivity contribution in [3.8, 4) is 0 Å². The Balaban J connectivity index is 2.32. The molecule has 2 N–H and O–H groups in total. The summed E-state index contributed by atoms with van der Waals surface area (Å²) in [6.45, 7) is 1.56. The molecule has 0 saturated carbocycles. The first-order valence-corrected chi connectivity index (χ1v) is 5.72. The Morgan fingerprint density at radius 2 is 2.10 bits per heavy atom. The summed E-state index contributed by atoms with van der Waals surface area (Å²) in [6.07, 6.45) is -4.64. The van der Waals surface area contributed by atoms with Crippen LogP contribution in [0.15, 0.2) is 18.2 Å². The largest absolute Gasteiger partial charge is 0.418 e. The van der Waals surface area contributed by atoms with Gasteiger partial charge in [0, 0.05) is 5.02 Å². The molecule has 9 heteroatoms. The van der Waals surface area contributed by atoms with Crippen molar-refractivity contribution < 1.29 is 18.0 Å². The molecule has 0 unspecified atom stereocenters. The summed E-state index contributed by atoms with van der Waals surface area (Å²) in [4.78, 5) is 15.5. The van der Waals surface area contributed by atoms with Crippen LogP contribution in [0.5, 0.6) is 0 Å². The molecule has 20 heavy (non-hydrogen) atoms. The molecule has 0 fully saturated rings. The number of halogens is 4. The highest BCUT2D eigenvalue weighted by Gasteiger charge is 2.34. The SMILES string of the molecule is Cc1nc(C(=O)Nc2ccc(Cl)cc2C(F)(F)F)n[nH]1. The van der Waals surface area contributed by atoms with Gasteiger partial charge in [0.15, 0.2) is 0 Å². The maximum Gasteiger partial charge on any atom is 0.418 e. The van der Waals surface area contributed by atoms with E-state index in [0.717, 1.165) is 12.1 Å². The highest BCUT2D eigenvalue weighted by atomic mass is 35.5. The van der Waals surface area contributed by atoms with E-state index in [4.69, 9.17) is 11.6 Å². The number of alkyl halides is 3. The molecule has 0 radical (unpaired) electrons. The molecule has 0 aliphatic rings. The number of aryl methyl sites for hydroxylation is 1. The predicted molar refractivity (Wildman–Crippen MR) is 65.5 cm³/mol. The summed E-state index contributed by atoms with van der Waals surface area (Å²) in [5, 5.41) is 8.02. The molecule has 5 nitrogen and oxygen atoms in total. The number of rotatable bonds is 2. The maximum absolute atomic E-state index is 12.8. The van der Waals surface area contributed by atoms with Crippen molar-refractivity contribution in [3.05, 3.63) is 40.4 Å². The predicted octanol–water partition coefficient (Wildman–Crippen LogP) is 3.04. The van der Waals surface area contributed by atoms with Crippen LogP contribution in [-0.2, 0) is 6.18 Å². The maximum atomic E-state index is 12.8. The van der Waals surface area contributed by atoms with Crippen molar-refractivity contribution in [1.82, 2.24) is 15.2 Å². The van der Waals surface area contributed by atoms with E-state index in [-0.39, 0.29) is 10.8 Å². The molecule has 1 aromatic carbocycles. The molecule has 0 spiro atoms. The highest BCUT2D eigenvalue weighted by molar-refractivity contribution is 6.30. The van der Waals surface area contributed by atoms with Crippen molar-refractivity contribution in [2.24, 2.45) is 0 Å². The van der Waals surface area contributed by atoms with Gasteiger partial charge in [0.1, 0.15) is 5.82 Å². The van der Waals surface area contributed by atoms with Crippen LogP contribution in [0.4, 0.5) is 18.9 Å². The van der Waals surface area contributed by atoms with E-state index in [2.05, 4.69) is 20.5 Å². The average Bonchev–Trinajstić information content (AvgIpc) is 2.77. The molecule has 0 saturated heterocycles. The van der Waals surface area contributed by atoms with Crippen molar-refractivity contribution in [2.45, 2.75) is 13.1 Å². The second-order valence-electron chi connectivity index (χ2n) is 3.89. The van der Waals surface area contributed by atoms with Gasteiger partial charge >= 0.3 is 6.18 Å². The van der Waals surface area contributed by atoms with Crippen LogP contribution in [0.25, 0.3) is 0 Å². The van der Waals surface area contributed by atoms with Crippen molar-refractivity contribution in [2.75, 3.05) is 5.32 Å². The minimum atomic E-state index is -4.64. The first-order valence-electron chi connectivity index (χ1n) is 5.34. The number of carbonyl (C=O) groups is 1. The zero-order valence-corrected chi connectivity index (χ0v) is 10.8. The zero-order valence-electron chi connectivity index (χ0n) is 10.0. The van der Waals surface area contributed by atoms with Crippen molar-refractivity contribution in [3.63, 3.8) is 0 Å². The monoisotopic (exact) mass is 304 g/mol. The quantitative estimate of drug-likeness (QED) is 0.896. The lowest BCUT2D eigenvalue weighted by atomic mass is 10.1. The standard InChI is InChI=1S/C11H8ClF3N4O/c1-5-16-9(19-18-5)10(20)17-8-3-2-6(12)4-7(8)11(13,14)15/h2-4H,1H3,(H,17,20)(H,16,18,19). The summed E-state index contributed by atoms with van der Waals surface area (Å²) in [6, 6.07) is 3.05. The van der Waals surface area contributed by atoms with Gasteiger partial charge in [0.25, 0.3) is 5.91 Å². The van der Waals surface area contributed by atoms with Gasteiger partial charge in [-0.2, -0.15) is 13.2 Å². The van der Waals surface area contributed by atoms with Crippen LogP contribution in [0.1, 0.15) is 22.0 Å². The Bertz CT molecular complexity index is 653. The van der Waals surface area contributed by atoms with Crippen molar-refractivity contribution in [1.29, 1.82) is 0 Å². The fourth-order valence-corrected chi connectivity index (χ4v) is 1.65. The zero-order chi connectivity index (χ0) is 14.9. The molecular formula is C11H8ClF3N4O. The average molecular weight is 305 g/mol. The Hall–Kier alpha value is -2.09. The third-order valence-electron chi connectivity index (χ3n) is 2.34. The van der Waals surface area contributed by atoms with Gasteiger partial charge in [-0.25, -0.2) is 4.98 Å². The van der Waals surface area contributed by atoms with E-state index in [1.54, 1.807) is 6.92 Å². The first-order chi connectivity index (χ1) is 9.27. The lowest BCUT2D eigenvalue weighted by Gasteiger charge is -2.13. The molecule has 0 aliphatic carbocycles. The second-order valence-corrected chi connectivity index (χ2v) is 4.32. The van der Waals surface area contributed by atoms with Gasteiger partial charge in [-0.15, -0.1) is 5.10 Å². The van der Waals surface area contributed by atoms with Crippen LogP contribution in [0.3, 0.4) is 0 Å². The minimum absolute atomic E-state index is 0.0796. The van der Waals surface area contributed by atoms with E-state index < -0.39 is 23.3 Å².